The number of hydrogen-bond acceptors (Lipinski definition) is 4. The molecule has 0 atom stereocenters. The van der Waals surface area contributed by atoms with E-state index in [4.69, 9.17) is 11.6 Å². The average molecular weight is 345 g/mol. The van der Waals surface area contributed by atoms with Crippen molar-refractivity contribution in [1.82, 2.24) is 9.97 Å². The highest BCUT2D eigenvalue weighted by Crippen LogP contribution is 2.21. The molecular formula is C18H21ClN4O. The van der Waals surface area contributed by atoms with Crippen LogP contribution in [0.3, 0.4) is 0 Å². The summed E-state index contributed by atoms with van der Waals surface area (Å²) in [5, 5.41) is 3.48. The summed E-state index contributed by atoms with van der Waals surface area (Å²) < 4.78 is 0. The first kappa shape index (κ1) is 16.7. The second kappa shape index (κ2) is 7.18. The molecule has 1 fully saturated rings. The quantitative estimate of drug-likeness (QED) is 0.916. The Morgan fingerprint density at radius 3 is 2.54 bits per heavy atom. The topological polar surface area (TPSA) is 58.1 Å². The first-order valence-electron chi connectivity index (χ1n) is 8.19. The summed E-state index contributed by atoms with van der Waals surface area (Å²) in [6, 6.07) is 8.72. The molecule has 24 heavy (non-hydrogen) atoms. The van der Waals surface area contributed by atoms with Gasteiger partial charge in [-0.15, -0.1) is 0 Å². The molecule has 1 aliphatic heterocycles. The number of hydrogen-bond donors (Lipinski definition) is 1. The van der Waals surface area contributed by atoms with Gasteiger partial charge in [0.05, 0.1) is 0 Å². The van der Waals surface area contributed by atoms with Crippen LogP contribution in [0.25, 0.3) is 0 Å². The van der Waals surface area contributed by atoms with E-state index in [9.17, 15) is 4.79 Å². The van der Waals surface area contributed by atoms with Gasteiger partial charge in [0.2, 0.25) is 5.95 Å². The molecule has 0 bridgehead atoms. The summed E-state index contributed by atoms with van der Waals surface area (Å²) >= 11 is 5.86. The molecule has 2 heterocycles. The number of carbonyl (C=O) groups excluding carboxylic acids is 1. The highest BCUT2D eigenvalue weighted by molar-refractivity contribution is 6.30. The zero-order chi connectivity index (χ0) is 17.1. The summed E-state index contributed by atoms with van der Waals surface area (Å²) in [6.07, 6.45) is 2.26. The Kier molecular flexibility index (Phi) is 5.00. The van der Waals surface area contributed by atoms with Gasteiger partial charge >= 0.3 is 0 Å². The molecule has 0 unspecified atom stereocenters. The van der Waals surface area contributed by atoms with E-state index in [-0.39, 0.29) is 5.91 Å². The Morgan fingerprint density at radius 1 is 1.21 bits per heavy atom. The molecule has 126 valence electrons. The van der Waals surface area contributed by atoms with Crippen molar-refractivity contribution >= 4 is 29.1 Å². The summed E-state index contributed by atoms with van der Waals surface area (Å²) in [5.41, 5.74) is 1.86. The highest BCUT2D eigenvalue weighted by atomic mass is 35.5. The van der Waals surface area contributed by atoms with Crippen molar-refractivity contribution in [2.45, 2.75) is 26.7 Å². The maximum Gasteiger partial charge on any atom is 0.274 e. The van der Waals surface area contributed by atoms with Crippen LogP contribution in [0, 0.1) is 12.8 Å². The summed E-state index contributed by atoms with van der Waals surface area (Å²) in [7, 11) is 0. The van der Waals surface area contributed by atoms with Gasteiger partial charge in [-0.25, -0.2) is 9.97 Å². The smallest absolute Gasteiger partial charge is 0.274 e. The molecule has 1 aromatic carbocycles. The van der Waals surface area contributed by atoms with Gasteiger partial charge in [-0.1, -0.05) is 18.5 Å². The molecule has 6 heteroatoms. The number of aromatic nitrogens is 2. The first-order chi connectivity index (χ1) is 11.5. The molecule has 0 spiro atoms. The van der Waals surface area contributed by atoms with Crippen molar-refractivity contribution in [2.24, 2.45) is 5.92 Å². The van der Waals surface area contributed by atoms with Gasteiger partial charge in [0.15, 0.2) is 0 Å². The Morgan fingerprint density at radius 2 is 1.88 bits per heavy atom. The molecule has 0 saturated carbocycles. The lowest BCUT2D eigenvalue weighted by Crippen LogP contribution is -2.34. The van der Waals surface area contributed by atoms with Crippen LogP contribution in [0.1, 0.15) is 35.9 Å². The number of anilines is 2. The summed E-state index contributed by atoms with van der Waals surface area (Å²) in [5.74, 6) is 1.14. The molecule has 1 saturated heterocycles. The summed E-state index contributed by atoms with van der Waals surface area (Å²) in [6.45, 7) is 6.02. The van der Waals surface area contributed by atoms with Gasteiger partial charge in [0.1, 0.15) is 5.69 Å². The predicted octanol–water partition coefficient (Wildman–Crippen LogP) is 3.93. The van der Waals surface area contributed by atoms with Crippen LogP contribution in [0.5, 0.6) is 0 Å². The fraction of sp³-hybridized carbons (Fsp3) is 0.389. The fourth-order valence-corrected chi connectivity index (χ4v) is 2.87. The van der Waals surface area contributed by atoms with Crippen LogP contribution in [-0.2, 0) is 0 Å². The molecule has 1 aliphatic rings. The molecule has 5 nitrogen and oxygen atoms in total. The van der Waals surface area contributed by atoms with E-state index in [1.54, 1.807) is 30.3 Å². The third-order valence-corrected chi connectivity index (χ3v) is 4.50. The number of amides is 1. The van der Waals surface area contributed by atoms with Crippen LogP contribution < -0.4 is 10.2 Å². The summed E-state index contributed by atoms with van der Waals surface area (Å²) in [4.78, 5) is 23.6. The van der Waals surface area contributed by atoms with Crippen molar-refractivity contribution in [2.75, 3.05) is 23.3 Å². The van der Waals surface area contributed by atoms with Crippen molar-refractivity contribution in [3.8, 4) is 0 Å². The van der Waals surface area contributed by atoms with Gasteiger partial charge < -0.3 is 10.2 Å². The van der Waals surface area contributed by atoms with E-state index in [1.165, 1.54) is 0 Å². The Labute approximate surface area is 147 Å². The molecule has 1 amide bonds. The average Bonchev–Trinajstić information content (AvgIpc) is 2.57. The van der Waals surface area contributed by atoms with Crippen LogP contribution in [0.15, 0.2) is 30.3 Å². The molecule has 1 N–H and O–H groups in total. The Bertz CT molecular complexity index is 724. The lowest BCUT2D eigenvalue weighted by Gasteiger charge is -2.30. The predicted molar refractivity (Wildman–Crippen MR) is 96.8 cm³/mol. The lowest BCUT2D eigenvalue weighted by molar-refractivity contribution is 0.102. The molecule has 3 rings (SSSR count). The number of rotatable bonds is 3. The number of benzene rings is 1. The van der Waals surface area contributed by atoms with Crippen molar-refractivity contribution < 1.29 is 4.79 Å². The van der Waals surface area contributed by atoms with Gasteiger partial charge in [-0.3, -0.25) is 4.79 Å². The molecular weight excluding hydrogens is 324 g/mol. The lowest BCUT2D eigenvalue weighted by atomic mass is 10.00. The Hall–Kier alpha value is -2.14. The number of nitrogens with zero attached hydrogens (tertiary/aromatic N) is 3. The number of piperidine rings is 1. The van der Waals surface area contributed by atoms with Crippen LogP contribution in [0.4, 0.5) is 11.6 Å². The minimum absolute atomic E-state index is 0.241. The van der Waals surface area contributed by atoms with E-state index < -0.39 is 0 Å². The Balaban J connectivity index is 1.77. The monoisotopic (exact) mass is 344 g/mol. The van der Waals surface area contributed by atoms with Crippen molar-refractivity contribution in [3.63, 3.8) is 0 Å². The van der Waals surface area contributed by atoms with E-state index in [0.29, 0.717) is 22.4 Å². The molecule has 2 aromatic rings. The molecule has 0 aliphatic carbocycles. The second-order valence-corrected chi connectivity index (χ2v) is 6.76. The van der Waals surface area contributed by atoms with Gasteiger partial charge in [-0.05, 0) is 56.0 Å². The van der Waals surface area contributed by atoms with E-state index in [2.05, 4.69) is 27.1 Å². The first-order valence-corrected chi connectivity index (χ1v) is 8.56. The number of aryl methyl sites for hydroxylation is 1. The SMILES string of the molecule is Cc1cc(C(=O)Nc2ccc(Cl)cc2)nc(N2CCC(C)CC2)n1. The molecule has 0 radical (unpaired) electrons. The maximum atomic E-state index is 12.5. The number of carbonyl (C=O) groups is 1. The van der Waals surface area contributed by atoms with Crippen molar-refractivity contribution in [1.29, 1.82) is 0 Å². The number of halogens is 1. The number of nitrogens with one attached hydrogen (secondary N) is 1. The minimum Gasteiger partial charge on any atom is -0.341 e. The van der Waals surface area contributed by atoms with E-state index >= 15 is 0 Å². The van der Waals surface area contributed by atoms with Gasteiger partial charge in [0, 0.05) is 29.5 Å². The third-order valence-electron chi connectivity index (χ3n) is 4.24. The highest BCUT2D eigenvalue weighted by Gasteiger charge is 2.20. The zero-order valence-electron chi connectivity index (χ0n) is 13.9. The van der Waals surface area contributed by atoms with Crippen LogP contribution in [0.2, 0.25) is 5.02 Å². The zero-order valence-corrected chi connectivity index (χ0v) is 14.7. The third kappa shape index (κ3) is 4.03. The molecule has 1 aromatic heterocycles. The van der Waals surface area contributed by atoms with Gasteiger partial charge in [-0.2, -0.15) is 0 Å². The largest absolute Gasteiger partial charge is 0.341 e. The fourth-order valence-electron chi connectivity index (χ4n) is 2.75. The second-order valence-electron chi connectivity index (χ2n) is 6.33. The minimum atomic E-state index is -0.241. The van der Waals surface area contributed by atoms with Gasteiger partial charge in [0.25, 0.3) is 5.91 Å². The van der Waals surface area contributed by atoms with E-state index in [1.807, 2.05) is 6.92 Å². The standard InChI is InChI=1S/C18H21ClN4O/c1-12-7-9-23(10-8-12)18-20-13(2)11-16(22-18)17(24)21-15-5-3-14(19)4-6-15/h3-6,11-12H,7-10H2,1-2H3,(H,21,24). The normalized spacial score (nSPS) is 15.4. The van der Waals surface area contributed by atoms with Crippen LogP contribution in [-0.4, -0.2) is 29.0 Å². The maximum absolute atomic E-state index is 12.5. The van der Waals surface area contributed by atoms with Crippen molar-refractivity contribution in [3.05, 3.63) is 46.7 Å². The van der Waals surface area contributed by atoms with Crippen LogP contribution >= 0.6 is 11.6 Å². The van der Waals surface area contributed by atoms with E-state index in [0.717, 1.165) is 37.5 Å².